The summed E-state index contributed by atoms with van der Waals surface area (Å²) in [6, 6.07) is 0. The second kappa shape index (κ2) is 45.4. The van der Waals surface area contributed by atoms with Crippen molar-refractivity contribution < 1.29 is 110 Å². The van der Waals surface area contributed by atoms with Crippen molar-refractivity contribution >= 4 is 18.3 Å². The van der Waals surface area contributed by atoms with E-state index in [4.69, 9.17) is 19.3 Å². The molecule has 9 fully saturated rings. The van der Waals surface area contributed by atoms with Gasteiger partial charge in [-0.3, -0.25) is 0 Å². The SMILES string of the molecule is CC(C)CCC[C@@H](C)[C@H]1CC[C@H]2[C@@H]3CC=C4CC(OC(=O)NCC[N+](C)(C)CCCO)CC[C@]4(C)[C@H]3CC[C@]12C.CC(C)CCC[C@@H](C)[C@H]1CC[C@H]2[C@@H]3CC=C4CC(OC(=O)NCC[N+](C)(C)CCO)CC[C@]4(C)[C@H]3CC[C@]12C.CC[N+](C)(C)CCNC(=O)OC1CC[C@@]2(C)C(=CC[C@H]3[C@@H]4CC[C@H]([C@H](C)CCCC(C)C)[C@@]4(C)CC[C@@H]32)C1.[Br-].[Br-].[I-]. The molecule has 0 spiro atoms. The number of nitrogens with zero attached hydrogens (tertiary/aromatic N) is 3. The number of amides is 3. The molecule has 0 aliphatic heterocycles. The minimum Gasteiger partial charge on any atom is -1.00 e. The fourth-order valence-electron chi connectivity index (χ4n) is 29.4. The van der Waals surface area contributed by atoms with Crippen LogP contribution in [0.3, 0.4) is 0 Å². The fourth-order valence-corrected chi connectivity index (χ4v) is 29.4. The first-order chi connectivity index (χ1) is 55.2. The van der Waals surface area contributed by atoms with E-state index in [-0.39, 0.29) is 119 Å². The minimum atomic E-state index is -0.283. The highest BCUT2D eigenvalue weighted by Crippen LogP contribution is 2.71. The molecule has 0 bridgehead atoms. The first-order valence-corrected chi connectivity index (χ1v) is 49.8. The van der Waals surface area contributed by atoms with Crippen molar-refractivity contribution in [3.8, 4) is 0 Å². The molecule has 0 aromatic carbocycles. The number of likely N-dealkylation sites (N-methyl/N-ethyl adjacent to an activating group) is 3. The first kappa shape index (κ1) is 106. The molecule has 0 heterocycles. The number of aliphatic hydroxyl groups is 2. The zero-order chi connectivity index (χ0) is 85.3. The number of carbonyl (C=O) groups is 3. The molecule has 0 radical (unpaired) electrons. The maximum atomic E-state index is 12.6. The Morgan fingerprint density at radius 3 is 0.950 bits per heavy atom. The normalized spacial score (nSPS) is 36.0. The highest BCUT2D eigenvalue weighted by Gasteiger charge is 2.63. The Bertz CT molecular complexity index is 3290. The number of alkyl carbamates (subject to hydrolysis) is 3. The van der Waals surface area contributed by atoms with Crippen molar-refractivity contribution in [2.45, 2.75) is 347 Å². The van der Waals surface area contributed by atoms with E-state index in [1.165, 1.54) is 161 Å². The molecule has 3 amide bonds. The van der Waals surface area contributed by atoms with Gasteiger partial charge in [-0.15, -0.1) is 0 Å². The summed E-state index contributed by atoms with van der Waals surface area (Å²) < 4.78 is 20.2. The Labute approximate surface area is 774 Å². The first-order valence-electron chi connectivity index (χ1n) is 49.8. The van der Waals surface area contributed by atoms with Gasteiger partial charge < -0.3 is 112 Å². The summed E-state index contributed by atoms with van der Waals surface area (Å²) in [5, 5.41) is 27.3. The average Bonchev–Trinajstić information content (AvgIpc) is 1.62. The van der Waals surface area contributed by atoms with Gasteiger partial charge in [0.15, 0.2) is 0 Å². The van der Waals surface area contributed by atoms with Crippen LogP contribution < -0.4 is 73.9 Å². The molecule has 3 unspecified atom stereocenters. The van der Waals surface area contributed by atoms with Crippen LogP contribution in [0.25, 0.3) is 0 Å². The number of hydrogen-bond acceptors (Lipinski definition) is 8. The van der Waals surface area contributed by atoms with Crippen molar-refractivity contribution in [2.75, 3.05) is 114 Å². The summed E-state index contributed by atoms with van der Waals surface area (Å²) in [7, 11) is 12.8. The Balaban J connectivity index is 0.000000245. The number of aliphatic hydroxyl groups excluding tert-OH is 2. The Kier molecular flexibility index (Phi) is 39.9. The van der Waals surface area contributed by atoms with Crippen molar-refractivity contribution in [3.05, 3.63) is 34.9 Å². The molecule has 14 nitrogen and oxygen atoms in total. The van der Waals surface area contributed by atoms with Crippen molar-refractivity contribution in [1.82, 2.24) is 16.0 Å². The summed E-state index contributed by atoms with van der Waals surface area (Å²) in [5.41, 5.74) is 7.25. The van der Waals surface area contributed by atoms with Gasteiger partial charge in [-0.2, -0.15) is 0 Å². The largest absolute Gasteiger partial charge is 1.00 e. The molecule has 5 N–H and O–H groups in total. The van der Waals surface area contributed by atoms with Crippen LogP contribution >= 0.6 is 0 Å². The lowest BCUT2D eigenvalue weighted by atomic mass is 9.47. The number of halogens is 3. The predicted octanol–water partition coefficient (Wildman–Crippen LogP) is 14.0. The molecule has 12 aliphatic rings. The molecule has 0 aromatic rings. The Hall–Kier alpha value is -1.48. The molecule has 12 rings (SSSR count). The molecule has 17 heteroatoms. The third-order valence-corrected chi connectivity index (χ3v) is 37.0. The maximum Gasteiger partial charge on any atom is 0.407 e. The van der Waals surface area contributed by atoms with Gasteiger partial charge in [0.2, 0.25) is 0 Å². The monoisotopic (exact) mass is 1920 g/mol. The zero-order valence-electron chi connectivity index (χ0n) is 81.0. The highest BCUT2D eigenvalue weighted by atomic mass is 127. The molecular weight excluding hydrogens is 1740 g/mol. The molecule has 9 saturated carbocycles. The highest BCUT2D eigenvalue weighted by molar-refractivity contribution is 5.68. The summed E-state index contributed by atoms with van der Waals surface area (Å²) in [6.07, 6.45) is 50.5. The molecular formula is C103H185Br2IN6O8. The number of rotatable bonds is 33. The van der Waals surface area contributed by atoms with Crippen LogP contribution in [0.15, 0.2) is 34.9 Å². The van der Waals surface area contributed by atoms with Crippen molar-refractivity contribution in [1.29, 1.82) is 0 Å². The van der Waals surface area contributed by atoms with Gasteiger partial charge in [0.05, 0.1) is 101 Å². The topological polar surface area (TPSA) is 155 Å². The van der Waals surface area contributed by atoms with E-state index < -0.39 is 0 Å². The zero-order valence-corrected chi connectivity index (χ0v) is 86.3. The quantitative estimate of drug-likeness (QED) is 0.0188. The molecule has 120 heavy (non-hydrogen) atoms. The van der Waals surface area contributed by atoms with E-state index in [1.807, 2.05) is 0 Å². The van der Waals surface area contributed by atoms with E-state index in [0.717, 1.165) is 206 Å². The fraction of sp³-hybridized carbons (Fsp3) is 0.913. The average molecular weight is 1920 g/mol. The van der Waals surface area contributed by atoms with Crippen molar-refractivity contribution in [3.63, 3.8) is 0 Å². The van der Waals surface area contributed by atoms with E-state index in [1.54, 1.807) is 16.7 Å². The standard InChI is InChI=1S/C35H62N2O3.C34H60N2O3.C34H60N2O2.2BrH.HI/c1-25(2)10-8-11-26(3)30-14-15-31-29-13-12-27-24-28(16-18-34(27,4)32(29)17-19-35(30,31)5)40-33(39)36-20-22-37(6,7)21-9-23-38;1-24(2)9-8-10-25(3)29-13-14-30-28-12-11-26-23-27(39-32(38)35-19-20-36(6,7)21-22-37)15-17-33(26,4)31(28)16-18-34(29,30)5;1-9-36(7,8)22-21-35-32(37)38-27-17-19-33(5)26(23-27)13-14-28-30-16-15-29(25(4)12-10-11-24(2)3)34(30,6)20-18-31(28)33;;;/h12,25-26,28-32,38H,8-11,13-24H2,1-7H3;11,24-25,27-31,37H,8-10,12-23H2,1-7H3;13,24-25,27-31H,9-12,14-23H2,1-8H3;3*1H/t26-,28?,29+,30-,31+,32+,34+,35-;2*25-,27?,28+,29-,30+,31+,33+,34-;;;/m111.../s1. The smallest absolute Gasteiger partial charge is 0.407 e. The number of fused-ring (bicyclic) bond motifs is 15. The van der Waals surface area contributed by atoms with Crippen molar-refractivity contribution in [2.24, 2.45) is 139 Å². The Morgan fingerprint density at radius 2 is 0.675 bits per heavy atom. The van der Waals surface area contributed by atoms with E-state index >= 15 is 0 Å². The third-order valence-electron chi connectivity index (χ3n) is 37.0. The predicted molar refractivity (Wildman–Crippen MR) is 484 cm³/mol. The molecule has 24 atom stereocenters. The van der Waals surface area contributed by atoms with Gasteiger partial charge in [-0.25, -0.2) is 14.4 Å². The number of ether oxygens (including phenoxy) is 3. The minimum absolute atomic E-state index is 0. The van der Waals surface area contributed by atoms with E-state index in [0.29, 0.717) is 52.3 Å². The molecule has 0 saturated heterocycles. The van der Waals surface area contributed by atoms with E-state index in [2.05, 4.69) is 187 Å². The summed E-state index contributed by atoms with van der Waals surface area (Å²) in [4.78, 5) is 37.7. The lowest BCUT2D eigenvalue weighted by molar-refractivity contribution is -0.889. The number of hydrogen-bond donors (Lipinski definition) is 5. The number of carbonyl (C=O) groups excluding carboxylic acids is 3. The van der Waals surface area contributed by atoms with Crippen LogP contribution in [0, 0.1) is 139 Å². The second-order valence-corrected chi connectivity index (χ2v) is 47.0. The number of allylic oxidation sites excluding steroid dienone is 3. The summed E-state index contributed by atoms with van der Waals surface area (Å²) in [5.74, 6) is 15.4. The molecule has 696 valence electrons. The van der Waals surface area contributed by atoms with Gasteiger partial charge >= 0.3 is 18.3 Å². The molecule has 0 aromatic heterocycles. The van der Waals surface area contributed by atoms with Crippen LogP contribution in [0.2, 0.25) is 0 Å². The van der Waals surface area contributed by atoms with Crippen LogP contribution in [-0.4, -0.2) is 175 Å². The second-order valence-electron chi connectivity index (χ2n) is 47.0. The number of nitrogens with one attached hydrogen (secondary N) is 3. The summed E-state index contributed by atoms with van der Waals surface area (Å²) >= 11 is 0. The lowest BCUT2D eigenvalue weighted by Crippen LogP contribution is -3.00. The van der Waals surface area contributed by atoms with Crippen LogP contribution in [0.5, 0.6) is 0 Å². The van der Waals surface area contributed by atoms with Gasteiger partial charge in [0.25, 0.3) is 0 Å². The summed E-state index contributed by atoms with van der Waals surface area (Å²) in [6.45, 7) is 47.2. The van der Waals surface area contributed by atoms with Crippen LogP contribution in [0.4, 0.5) is 14.4 Å². The van der Waals surface area contributed by atoms with Gasteiger partial charge in [-0.1, -0.05) is 197 Å². The van der Waals surface area contributed by atoms with Crippen LogP contribution in [0.1, 0.15) is 329 Å². The Morgan fingerprint density at radius 1 is 0.383 bits per heavy atom. The van der Waals surface area contributed by atoms with E-state index in [9.17, 15) is 19.5 Å². The van der Waals surface area contributed by atoms with Gasteiger partial charge in [0.1, 0.15) is 24.9 Å². The van der Waals surface area contributed by atoms with Crippen LogP contribution in [-0.2, 0) is 14.2 Å². The lowest BCUT2D eigenvalue weighted by Gasteiger charge is -2.58. The third kappa shape index (κ3) is 25.4. The number of quaternary nitrogens is 3. The van der Waals surface area contributed by atoms with Gasteiger partial charge in [0, 0.05) is 32.3 Å². The molecule has 12 aliphatic carbocycles. The van der Waals surface area contributed by atoms with Gasteiger partial charge in [-0.05, 0) is 281 Å². The maximum absolute atomic E-state index is 12.6.